The minimum atomic E-state index is -9.45. The van der Waals surface area contributed by atoms with Crippen molar-refractivity contribution in [3.63, 3.8) is 0 Å². The number of rotatable bonds is 6. The van der Waals surface area contributed by atoms with E-state index in [1.807, 2.05) is 0 Å². The molecule has 3 nitrogen and oxygen atoms in total. The van der Waals surface area contributed by atoms with Crippen LogP contribution in [0.2, 0.25) is 0 Å². The smallest absolute Gasteiger partial charge is 0.338 e. The van der Waals surface area contributed by atoms with Crippen LogP contribution in [-0.2, 0) is 14.2 Å². The lowest BCUT2D eigenvalue weighted by atomic mass is 9.96. The summed E-state index contributed by atoms with van der Waals surface area (Å²) in [6.45, 7) is 0. The van der Waals surface area contributed by atoms with Gasteiger partial charge in [-0.3, -0.25) is 0 Å². The Kier molecular flexibility index (Phi) is 10.8. The molecule has 0 saturated heterocycles. The Labute approximate surface area is 258 Å². The first-order valence-corrected chi connectivity index (χ1v) is 11.0. The molecular formula is C17H2F32O3. The number of hydrogen-bond donors (Lipinski definition) is 0. The van der Waals surface area contributed by atoms with Crippen molar-refractivity contribution in [1.82, 2.24) is 0 Å². The zero-order valence-electron chi connectivity index (χ0n) is 22.0. The average molecular weight is 862 g/mol. The van der Waals surface area contributed by atoms with Crippen LogP contribution < -0.4 is 0 Å². The summed E-state index contributed by atoms with van der Waals surface area (Å²) in [5.41, 5.74) is -27.8. The van der Waals surface area contributed by atoms with E-state index in [2.05, 4.69) is 0 Å². The molecular weight excluding hydrogens is 860 g/mol. The maximum absolute atomic E-state index is 15.3. The molecule has 52 heavy (non-hydrogen) atoms. The third-order valence-electron chi connectivity index (χ3n) is 6.35. The molecule has 0 aromatic carbocycles. The Morgan fingerprint density at radius 3 is 0.692 bits per heavy atom. The predicted molar refractivity (Wildman–Crippen MR) is 87.3 cm³/mol. The number of ether oxygens (including phenoxy) is 3. The molecule has 0 amide bonds. The van der Waals surface area contributed by atoms with Crippen LogP contribution in [0.25, 0.3) is 0 Å². The van der Waals surface area contributed by atoms with Crippen LogP contribution in [0.4, 0.5) is 140 Å². The van der Waals surface area contributed by atoms with E-state index in [0.29, 0.717) is 0 Å². The summed E-state index contributed by atoms with van der Waals surface area (Å²) in [7, 11) is 0. The first-order valence-electron chi connectivity index (χ1n) is 11.0. The Hall–Kier alpha value is -2.36. The topological polar surface area (TPSA) is 27.7 Å². The van der Waals surface area contributed by atoms with Crippen molar-refractivity contribution in [2.75, 3.05) is 0 Å². The van der Waals surface area contributed by atoms with Crippen LogP contribution in [0.5, 0.6) is 0 Å². The van der Waals surface area contributed by atoms with Gasteiger partial charge in [0, 0.05) is 0 Å². The molecule has 312 valence electrons. The van der Waals surface area contributed by atoms with E-state index < -0.39 is 102 Å². The van der Waals surface area contributed by atoms with Gasteiger partial charge in [-0.25, -0.2) is 4.39 Å². The highest BCUT2D eigenvalue weighted by Crippen LogP contribution is 2.69. The standard InChI is InChI=1S/C17H2F32O3/c18-1-2(50-5(9(23,24)25,10(26,27)28)11(29,30)31)3(19,20)8(21,22)4(1,51-6(12(32,33)34,13(35,36)37)14(38,39)40)52-7(15(41,42)43,16(44,45)46)17(47,48)49/h1-2H/t1-,2+/m0/s1. The molecule has 2 atom stereocenters. The van der Waals surface area contributed by atoms with E-state index in [0.717, 1.165) is 0 Å². The summed E-state index contributed by atoms with van der Waals surface area (Å²) in [6.07, 6.45) is -96.0. The Morgan fingerprint density at radius 1 is 0.327 bits per heavy atom. The highest BCUT2D eigenvalue weighted by Gasteiger charge is 2.99. The second-order valence-corrected chi connectivity index (χ2v) is 9.53. The van der Waals surface area contributed by atoms with Crippen LogP contribution in [0, 0.1) is 0 Å². The molecule has 35 heteroatoms. The van der Waals surface area contributed by atoms with Crippen LogP contribution in [0.15, 0.2) is 0 Å². The first-order chi connectivity index (χ1) is 21.9. The zero-order valence-corrected chi connectivity index (χ0v) is 22.0. The van der Waals surface area contributed by atoms with Crippen molar-refractivity contribution < 1.29 is 155 Å². The van der Waals surface area contributed by atoms with Gasteiger partial charge in [0.25, 0.3) is 5.79 Å². The van der Waals surface area contributed by atoms with Crippen molar-refractivity contribution in [3.8, 4) is 0 Å². The molecule has 0 unspecified atom stereocenters. The van der Waals surface area contributed by atoms with E-state index in [1.165, 1.54) is 14.2 Å². The molecule has 1 saturated carbocycles. The maximum atomic E-state index is 15.3. The summed E-state index contributed by atoms with van der Waals surface area (Å²) < 4.78 is 439. The van der Waals surface area contributed by atoms with Crippen LogP contribution in [-0.4, -0.2) is 102 Å². The van der Waals surface area contributed by atoms with Crippen molar-refractivity contribution >= 4 is 0 Å². The Bertz CT molecular complexity index is 1110. The average Bonchev–Trinajstić information content (AvgIpc) is 2.85. The molecule has 1 aliphatic rings. The molecule has 0 aromatic heterocycles. The monoisotopic (exact) mass is 862 g/mol. The van der Waals surface area contributed by atoms with Crippen LogP contribution in [0.3, 0.4) is 0 Å². The minimum absolute atomic E-state index is 1.26. The van der Waals surface area contributed by atoms with Gasteiger partial charge in [0.2, 0.25) is 0 Å². The Balaban J connectivity index is 4.94. The van der Waals surface area contributed by atoms with Crippen molar-refractivity contribution in [3.05, 3.63) is 0 Å². The Morgan fingerprint density at radius 2 is 0.519 bits per heavy atom. The summed E-state index contributed by atoms with van der Waals surface area (Å²) in [5, 5.41) is 0. The fourth-order valence-corrected chi connectivity index (χ4v) is 4.00. The zero-order chi connectivity index (χ0) is 42.8. The first kappa shape index (κ1) is 47.7. The summed E-state index contributed by atoms with van der Waals surface area (Å²) in [5.74, 6) is -27.3. The lowest BCUT2D eigenvalue weighted by Crippen LogP contribution is -2.78. The van der Waals surface area contributed by atoms with Crippen LogP contribution >= 0.6 is 0 Å². The van der Waals surface area contributed by atoms with E-state index in [1.54, 1.807) is 0 Å². The molecule has 1 aliphatic carbocycles. The van der Waals surface area contributed by atoms with Gasteiger partial charge >= 0.3 is 84.2 Å². The molecule has 0 N–H and O–H groups in total. The molecule has 0 aliphatic heterocycles. The van der Waals surface area contributed by atoms with Gasteiger partial charge in [-0.2, -0.15) is 136 Å². The predicted octanol–water partition coefficient (Wildman–Crippen LogP) is 10.0. The number of hydrogen-bond acceptors (Lipinski definition) is 3. The quantitative estimate of drug-likeness (QED) is 0.197. The number of halogens is 32. The van der Waals surface area contributed by atoms with E-state index in [-0.39, 0.29) is 0 Å². The van der Waals surface area contributed by atoms with E-state index in [4.69, 9.17) is 0 Å². The van der Waals surface area contributed by atoms with Gasteiger partial charge in [0.1, 0.15) is 0 Å². The summed E-state index contributed by atoms with van der Waals surface area (Å²) >= 11 is 0. The number of alkyl halides is 32. The van der Waals surface area contributed by atoms with Gasteiger partial charge in [-0.05, 0) is 0 Å². The lowest BCUT2D eigenvalue weighted by Gasteiger charge is -2.50. The van der Waals surface area contributed by atoms with Crippen molar-refractivity contribution in [2.24, 2.45) is 0 Å². The van der Waals surface area contributed by atoms with Gasteiger partial charge in [0.15, 0.2) is 12.3 Å². The minimum Gasteiger partial charge on any atom is -0.338 e. The molecule has 0 spiro atoms. The van der Waals surface area contributed by atoms with Gasteiger partial charge < -0.3 is 14.2 Å². The van der Waals surface area contributed by atoms with E-state index in [9.17, 15) is 127 Å². The normalized spacial score (nSPS) is 23.3. The molecule has 1 fully saturated rings. The van der Waals surface area contributed by atoms with Crippen molar-refractivity contribution in [2.45, 2.75) is 102 Å². The second-order valence-electron chi connectivity index (χ2n) is 9.53. The lowest BCUT2D eigenvalue weighted by molar-refractivity contribution is -0.559. The van der Waals surface area contributed by atoms with Gasteiger partial charge in [-0.1, -0.05) is 0 Å². The third-order valence-corrected chi connectivity index (χ3v) is 6.35. The summed E-state index contributed by atoms with van der Waals surface area (Å²) in [4.78, 5) is 0. The maximum Gasteiger partial charge on any atom is 0.435 e. The van der Waals surface area contributed by atoms with E-state index >= 15 is 13.2 Å². The molecule has 0 bridgehead atoms. The SMILES string of the molecule is F[C@H]1[C@@H](OC(C(F)(F)F)(C(F)(F)F)C(F)(F)F)C(F)(F)C(F)(F)C1(OC(C(F)(F)F)(C(F)(F)F)C(F)(F)F)OC(C(F)(F)F)(C(F)(F)F)C(F)(F)F. The van der Waals surface area contributed by atoms with Gasteiger partial charge in [-0.15, -0.1) is 0 Å². The van der Waals surface area contributed by atoms with Crippen molar-refractivity contribution in [1.29, 1.82) is 0 Å². The molecule has 0 heterocycles. The largest absolute Gasteiger partial charge is 0.435 e. The fraction of sp³-hybridized carbons (Fsp3) is 1.00. The fourth-order valence-electron chi connectivity index (χ4n) is 4.00. The highest BCUT2D eigenvalue weighted by molar-refractivity contribution is 5.22. The highest BCUT2D eigenvalue weighted by atomic mass is 19.5. The van der Waals surface area contributed by atoms with Crippen LogP contribution in [0.1, 0.15) is 0 Å². The molecule has 1 rings (SSSR count). The summed E-state index contributed by atoms with van der Waals surface area (Å²) in [6, 6.07) is 0. The van der Waals surface area contributed by atoms with Gasteiger partial charge in [0.05, 0.1) is 0 Å². The second kappa shape index (κ2) is 11.8. The molecule has 0 radical (unpaired) electrons. The third kappa shape index (κ3) is 6.17. The molecule has 0 aromatic rings.